The van der Waals surface area contributed by atoms with Crippen molar-refractivity contribution in [3.8, 4) is 11.5 Å². The van der Waals surface area contributed by atoms with E-state index in [1.54, 1.807) is 0 Å². The molecule has 0 unspecified atom stereocenters. The van der Waals surface area contributed by atoms with E-state index in [1.807, 2.05) is 0 Å². The van der Waals surface area contributed by atoms with Crippen molar-refractivity contribution < 1.29 is 0 Å². The number of nitrogens with zero attached hydrogens (tertiary/aromatic N) is 1. The number of hydrogen-bond donors (Lipinski definition) is 0. The summed E-state index contributed by atoms with van der Waals surface area (Å²) in [7, 11) is -3.70. The topological polar surface area (TPSA) is 12.4 Å². The van der Waals surface area contributed by atoms with Gasteiger partial charge in [-0.25, -0.2) is 0 Å². The molecule has 0 aliphatic carbocycles. The molecule has 164 valence electrons. The van der Waals surface area contributed by atoms with Gasteiger partial charge < -0.3 is 0 Å². The molecular formula is C30H30NPSi. The van der Waals surface area contributed by atoms with Crippen LogP contribution in [0.15, 0.2) is 120 Å². The quantitative estimate of drug-likeness (QED) is 0.173. The zero-order valence-electron chi connectivity index (χ0n) is 19.6. The van der Waals surface area contributed by atoms with Crippen molar-refractivity contribution in [1.29, 1.82) is 0 Å². The maximum atomic E-state index is 5.67. The maximum Gasteiger partial charge on any atom is 0.129 e. The van der Waals surface area contributed by atoms with Crippen LogP contribution in [0.3, 0.4) is 0 Å². The van der Waals surface area contributed by atoms with Gasteiger partial charge in [-0.3, -0.25) is 4.74 Å². The van der Waals surface area contributed by atoms with Gasteiger partial charge in [-0.15, -0.1) is 11.5 Å². The van der Waals surface area contributed by atoms with Gasteiger partial charge in [0.1, 0.15) is 8.07 Å². The van der Waals surface area contributed by atoms with Gasteiger partial charge in [0.05, 0.1) is 12.7 Å². The Kier molecular flexibility index (Phi) is 7.14. The summed E-state index contributed by atoms with van der Waals surface area (Å²) in [5, 5.41) is 3.76. The average Bonchev–Trinajstić information content (AvgIpc) is 2.84. The van der Waals surface area contributed by atoms with Crippen molar-refractivity contribution in [3.63, 3.8) is 0 Å². The first-order valence-corrected chi connectivity index (χ1v) is 16.6. The molecule has 4 rings (SSSR count). The molecule has 0 N–H and O–H groups in total. The molecule has 0 aliphatic rings. The van der Waals surface area contributed by atoms with Crippen LogP contribution in [0, 0.1) is 11.5 Å². The van der Waals surface area contributed by atoms with Crippen molar-refractivity contribution >= 4 is 36.7 Å². The fourth-order valence-corrected chi connectivity index (χ4v) is 8.06. The summed E-state index contributed by atoms with van der Waals surface area (Å²) in [6.07, 6.45) is 0.725. The van der Waals surface area contributed by atoms with E-state index >= 15 is 0 Å². The average molecular weight is 464 g/mol. The minimum Gasteiger partial charge on any atom is -0.254 e. The predicted octanol–water partition coefficient (Wildman–Crippen LogP) is 6.92. The Morgan fingerprint density at radius 3 is 1.48 bits per heavy atom. The van der Waals surface area contributed by atoms with E-state index in [0.29, 0.717) is 0 Å². The number of hydrogen-bond acceptors (Lipinski definition) is 1. The lowest BCUT2D eigenvalue weighted by Gasteiger charge is -2.27. The number of rotatable bonds is 5. The lowest BCUT2D eigenvalue weighted by Crippen LogP contribution is -2.25. The van der Waals surface area contributed by atoms with Gasteiger partial charge in [-0.05, 0) is 11.6 Å². The molecule has 0 fully saturated rings. The molecule has 4 aromatic carbocycles. The minimum absolute atomic E-state index is 0.725. The highest BCUT2D eigenvalue weighted by molar-refractivity contribution is 7.87. The standard InChI is InChI=1S/C30H30NPSi/c1-33(2,3)25-15-17-26-16-13-14-24-30(26)31-32(27-18-7-4-8-19-27,28-20-9-5-10-21-28)29-22-11-6-12-23-29/h4-14,16,18-24H,17H2,1-3H3. The Balaban J connectivity index is 2.02. The molecule has 33 heavy (non-hydrogen) atoms. The summed E-state index contributed by atoms with van der Waals surface area (Å²) in [6, 6.07) is 40.8. The van der Waals surface area contributed by atoms with Crippen LogP contribution in [0.25, 0.3) is 0 Å². The number of benzene rings is 4. The second kappa shape index (κ2) is 10.2. The van der Waals surface area contributed by atoms with Crippen LogP contribution in [0.4, 0.5) is 5.69 Å². The first-order chi connectivity index (χ1) is 16.0. The second-order valence-electron chi connectivity index (χ2n) is 9.10. The molecule has 0 aromatic heterocycles. The Morgan fingerprint density at radius 2 is 1.03 bits per heavy atom. The summed E-state index contributed by atoms with van der Waals surface area (Å²) in [5.41, 5.74) is 5.74. The van der Waals surface area contributed by atoms with Crippen LogP contribution in [-0.4, -0.2) is 8.07 Å². The summed E-state index contributed by atoms with van der Waals surface area (Å²) >= 11 is 0. The molecule has 0 heterocycles. The van der Waals surface area contributed by atoms with Crippen molar-refractivity contribution in [1.82, 2.24) is 0 Å². The van der Waals surface area contributed by atoms with Crippen molar-refractivity contribution in [2.45, 2.75) is 26.1 Å². The molecule has 0 radical (unpaired) electrons. The Morgan fingerprint density at radius 1 is 0.606 bits per heavy atom. The monoisotopic (exact) mass is 463 g/mol. The van der Waals surface area contributed by atoms with E-state index < -0.39 is 15.1 Å². The molecule has 0 aliphatic heterocycles. The van der Waals surface area contributed by atoms with E-state index in [0.717, 1.165) is 12.1 Å². The fourth-order valence-electron chi connectivity index (χ4n) is 3.88. The van der Waals surface area contributed by atoms with E-state index in [9.17, 15) is 0 Å². The predicted molar refractivity (Wildman–Crippen MR) is 149 cm³/mol. The van der Waals surface area contributed by atoms with Crippen LogP contribution in [0.5, 0.6) is 0 Å². The van der Waals surface area contributed by atoms with Gasteiger partial charge in [-0.1, -0.05) is 129 Å². The van der Waals surface area contributed by atoms with Crippen LogP contribution in [0.2, 0.25) is 19.6 Å². The largest absolute Gasteiger partial charge is 0.254 e. The van der Waals surface area contributed by atoms with Crippen LogP contribution >= 0.6 is 7.05 Å². The van der Waals surface area contributed by atoms with Crippen molar-refractivity contribution in [2.75, 3.05) is 0 Å². The van der Waals surface area contributed by atoms with Crippen molar-refractivity contribution in [2.24, 2.45) is 4.74 Å². The molecular weight excluding hydrogens is 433 g/mol. The third kappa shape index (κ3) is 5.45. The van der Waals surface area contributed by atoms with Gasteiger partial charge in [0.15, 0.2) is 0 Å². The Hall–Kier alpha value is -3.11. The summed E-state index contributed by atoms with van der Waals surface area (Å²) in [4.78, 5) is 0. The second-order valence-corrected chi connectivity index (χ2v) is 16.9. The van der Waals surface area contributed by atoms with Crippen LogP contribution in [0.1, 0.15) is 5.56 Å². The zero-order valence-corrected chi connectivity index (χ0v) is 21.5. The Bertz CT molecular complexity index is 1210. The summed E-state index contributed by atoms with van der Waals surface area (Å²) < 4.78 is 5.67. The third-order valence-electron chi connectivity index (χ3n) is 5.38. The molecule has 4 aromatic rings. The maximum absolute atomic E-state index is 5.67. The summed E-state index contributed by atoms with van der Waals surface area (Å²) in [6.45, 7) is 6.85. The van der Waals surface area contributed by atoms with Crippen LogP contribution < -0.4 is 15.9 Å². The smallest absolute Gasteiger partial charge is 0.129 e. The normalized spacial score (nSPS) is 11.4. The van der Waals surface area contributed by atoms with Crippen molar-refractivity contribution in [3.05, 3.63) is 121 Å². The van der Waals surface area contributed by atoms with E-state index in [-0.39, 0.29) is 0 Å². The van der Waals surface area contributed by atoms with E-state index in [1.165, 1.54) is 21.5 Å². The molecule has 0 spiro atoms. The summed E-state index contributed by atoms with van der Waals surface area (Å²) in [5.74, 6) is 3.45. The lowest BCUT2D eigenvalue weighted by molar-refractivity contribution is 1.30. The zero-order chi connectivity index (χ0) is 23.2. The van der Waals surface area contributed by atoms with Gasteiger partial charge in [0, 0.05) is 22.3 Å². The first kappa shape index (κ1) is 23.1. The van der Waals surface area contributed by atoms with Gasteiger partial charge in [0.25, 0.3) is 0 Å². The first-order valence-electron chi connectivity index (χ1n) is 11.4. The highest BCUT2D eigenvalue weighted by Crippen LogP contribution is 2.49. The SMILES string of the molecule is C[Si](C)(C)C#CCc1ccccc1N=P(c1ccccc1)(c1ccccc1)c1ccccc1. The lowest BCUT2D eigenvalue weighted by atomic mass is 10.1. The molecule has 0 amide bonds. The molecule has 0 bridgehead atoms. The van der Waals surface area contributed by atoms with E-state index in [2.05, 4.69) is 146 Å². The molecule has 0 saturated heterocycles. The minimum atomic E-state index is -2.28. The fraction of sp³-hybridized carbons (Fsp3) is 0.133. The molecule has 1 nitrogen and oxygen atoms in total. The molecule has 0 saturated carbocycles. The third-order valence-corrected chi connectivity index (χ3v) is 9.96. The van der Waals surface area contributed by atoms with Gasteiger partial charge in [0.2, 0.25) is 0 Å². The van der Waals surface area contributed by atoms with Gasteiger partial charge >= 0.3 is 0 Å². The molecule has 0 atom stereocenters. The highest BCUT2D eigenvalue weighted by Gasteiger charge is 2.27. The Labute approximate surface area is 199 Å². The molecule has 3 heteroatoms. The highest BCUT2D eigenvalue weighted by atomic mass is 31.2. The van der Waals surface area contributed by atoms with E-state index in [4.69, 9.17) is 4.74 Å². The van der Waals surface area contributed by atoms with Gasteiger partial charge in [-0.2, -0.15) is 0 Å². The van der Waals surface area contributed by atoms with Crippen LogP contribution in [-0.2, 0) is 6.42 Å².